The van der Waals surface area contributed by atoms with Crippen LogP contribution in [0.15, 0.2) is 35.5 Å². The Labute approximate surface area is 163 Å². The van der Waals surface area contributed by atoms with Gasteiger partial charge in [-0.25, -0.2) is 9.59 Å². The summed E-state index contributed by atoms with van der Waals surface area (Å²) in [5.74, 6) is -1.38. The van der Waals surface area contributed by atoms with Gasteiger partial charge in [-0.1, -0.05) is 6.07 Å². The van der Waals surface area contributed by atoms with Crippen LogP contribution in [0.4, 0.5) is 5.69 Å². The van der Waals surface area contributed by atoms with Crippen LogP contribution >= 0.6 is 0 Å². The molecule has 0 N–H and O–H groups in total. The molecule has 1 saturated heterocycles. The second-order valence-corrected chi connectivity index (χ2v) is 6.62. The summed E-state index contributed by atoms with van der Waals surface area (Å²) in [7, 11) is 2.48. The molecule has 2 aliphatic heterocycles. The number of esters is 2. The van der Waals surface area contributed by atoms with Gasteiger partial charge in [0, 0.05) is 24.3 Å². The van der Waals surface area contributed by atoms with Crippen molar-refractivity contribution in [1.29, 1.82) is 0 Å². The first kappa shape index (κ1) is 19.9. The van der Waals surface area contributed by atoms with E-state index in [-0.39, 0.29) is 30.5 Å². The monoisotopic (exact) mass is 388 g/mol. The fourth-order valence-electron chi connectivity index (χ4n) is 3.43. The van der Waals surface area contributed by atoms with Crippen molar-refractivity contribution in [3.05, 3.63) is 41.1 Å². The highest BCUT2D eigenvalue weighted by Gasteiger charge is 2.32. The summed E-state index contributed by atoms with van der Waals surface area (Å²) in [6.45, 7) is 1.48. The highest BCUT2D eigenvalue weighted by atomic mass is 16.5. The molecule has 0 atom stereocenters. The van der Waals surface area contributed by atoms with Crippen LogP contribution in [0.1, 0.15) is 29.6 Å². The van der Waals surface area contributed by atoms with E-state index in [1.807, 2.05) is 4.90 Å². The predicted molar refractivity (Wildman–Crippen MR) is 101 cm³/mol. The van der Waals surface area contributed by atoms with Crippen LogP contribution in [-0.2, 0) is 23.8 Å². The highest BCUT2D eigenvalue weighted by Crippen LogP contribution is 2.28. The number of hydrogen-bond acceptors (Lipinski definition) is 7. The molecule has 8 nitrogen and oxygen atoms in total. The zero-order chi connectivity index (χ0) is 20.1. The van der Waals surface area contributed by atoms with Crippen LogP contribution < -0.4 is 4.90 Å². The van der Waals surface area contributed by atoms with Crippen molar-refractivity contribution < 1.29 is 28.6 Å². The van der Waals surface area contributed by atoms with E-state index in [9.17, 15) is 14.4 Å². The average molecular weight is 388 g/mol. The van der Waals surface area contributed by atoms with Gasteiger partial charge in [0.25, 0.3) is 5.91 Å². The standard InChI is InChI=1S/C20H24N2O6/c1-26-19(24)16-12-28-13-22(17(16)20(25)27-2)15-8-6-7-14(11-15)18(23)21-9-4-3-5-10-21/h6-8,11H,3-5,9-10,12-13H2,1-2H3. The second kappa shape index (κ2) is 8.88. The topological polar surface area (TPSA) is 85.4 Å². The zero-order valence-electron chi connectivity index (χ0n) is 16.1. The fourth-order valence-corrected chi connectivity index (χ4v) is 3.43. The number of carbonyl (C=O) groups excluding carboxylic acids is 3. The maximum atomic E-state index is 12.8. The van der Waals surface area contributed by atoms with Crippen molar-refractivity contribution in [2.45, 2.75) is 19.3 Å². The highest BCUT2D eigenvalue weighted by molar-refractivity contribution is 6.03. The number of amides is 1. The number of ether oxygens (including phenoxy) is 3. The van der Waals surface area contributed by atoms with Crippen molar-refractivity contribution in [3.8, 4) is 0 Å². The molecule has 2 aliphatic rings. The summed E-state index contributed by atoms with van der Waals surface area (Å²) < 4.78 is 15.1. The Hall–Kier alpha value is -2.87. The van der Waals surface area contributed by atoms with E-state index in [2.05, 4.69) is 0 Å². The van der Waals surface area contributed by atoms with E-state index in [4.69, 9.17) is 14.2 Å². The normalized spacial score (nSPS) is 17.4. The van der Waals surface area contributed by atoms with Gasteiger partial charge in [0.15, 0.2) is 0 Å². The lowest BCUT2D eigenvalue weighted by Crippen LogP contribution is -2.39. The van der Waals surface area contributed by atoms with Crippen LogP contribution in [0.5, 0.6) is 0 Å². The van der Waals surface area contributed by atoms with Crippen molar-refractivity contribution in [2.24, 2.45) is 0 Å². The summed E-state index contributed by atoms with van der Waals surface area (Å²) >= 11 is 0. The molecule has 8 heteroatoms. The second-order valence-electron chi connectivity index (χ2n) is 6.62. The number of anilines is 1. The Morgan fingerprint density at radius 2 is 1.71 bits per heavy atom. The first-order valence-electron chi connectivity index (χ1n) is 9.21. The van der Waals surface area contributed by atoms with Gasteiger partial charge < -0.3 is 24.0 Å². The SMILES string of the molecule is COC(=O)C1=C(C(=O)OC)N(c2cccc(C(=O)N3CCCCC3)c2)COC1. The molecule has 1 fully saturated rings. The molecule has 1 amide bonds. The predicted octanol–water partition coefficient (Wildman–Crippen LogP) is 1.71. The van der Waals surface area contributed by atoms with E-state index < -0.39 is 11.9 Å². The number of nitrogens with zero attached hydrogens (tertiary/aromatic N) is 2. The third-order valence-electron chi connectivity index (χ3n) is 4.88. The van der Waals surface area contributed by atoms with Crippen molar-refractivity contribution in [1.82, 2.24) is 4.90 Å². The molecule has 0 radical (unpaired) electrons. The van der Waals surface area contributed by atoms with E-state index >= 15 is 0 Å². The van der Waals surface area contributed by atoms with Crippen LogP contribution in [0.3, 0.4) is 0 Å². The number of rotatable bonds is 4. The Kier molecular flexibility index (Phi) is 6.30. The van der Waals surface area contributed by atoms with Crippen molar-refractivity contribution in [2.75, 3.05) is 45.5 Å². The molecule has 1 aromatic rings. The smallest absolute Gasteiger partial charge is 0.355 e. The lowest BCUT2D eigenvalue weighted by Gasteiger charge is -2.32. The number of carbonyl (C=O) groups is 3. The third kappa shape index (κ3) is 4.01. The first-order chi connectivity index (χ1) is 13.6. The van der Waals surface area contributed by atoms with Gasteiger partial charge in [-0.15, -0.1) is 0 Å². The molecule has 28 heavy (non-hydrogen) atoms. The number of piperidine rings is 1. The zero-order valence-corrected chi connectivity index (χ0v) is 16.1. The quantitative estimate of drug-likeness (QED) is 0.726. The molecule has 1 aromatic carbocycles. The lowest BCUT2D eigenvalue weighted by molar-refractivity contribution is -0.140. The number of benzene rings is 1. The van der Waals surface area contributed by atoms with Crippen molar-refractivity contribution >= 4 is 23.5 Å². The Morgan fingerprint density at radius 3 is 2.39 bits per heavy atom. The summed E-state index contributed by atoms with van der Waals surface area (Å²) in [5, 5.41) is 0. The third-order valence-corrected chi connectivity index (χ3v) is 4.88. The molecule has 0 saturated carbocycles. The molecular weight excluding hydrogens is 364 g/mol. The van der Waals surface area contributed by atoms with Crippen molar-refractivity contribution in [3.63, 3.8) is 0 Å². The largest absolute Gasteiger partial charge is 0.466 e. The molecule has 0 unspecified atom stereocenters. The molecule has 0 spiro atoms. The molecule has 3 rings (SSSR count). The summed E-state index contributed by atoms with van der Waals surface area (Å²) in [4.78, 5) is 40.7. The minimum Gasteiger partial charge on any atom is -0.466 e. The fraction of sp³-hybridized carbons (Fsp3) is 0.450. The van der Waals surface area contributed by atoms with Gasteiger partial charge in [-0.3, -0.25) is 4.79 Å². The van der Waals surface area contributed by atoms with Crippen LogP contribution in [-0.4, -0.2) is 63.4 Å². The molecule has 0 aromatic heterocycles. The summed E-state index contributed by atoms with van der Waals surface area (Å²) in [5.41, 5.74) is 1.22. The van der Waals surface area contributed by atoms with Gasteiger partial charge >= 0.3 is 11.9 Å². The number of hydrogen-bond donors (Lipinski definition) is 0. The van der Waals surface area contributed by atoms with Gasteiger partial charge in [0.1, 0.15) is 12.4 Å². The van der Waals surface area contributed by atoms with Gasteiger partial charge in [-0.2, -0.15) is 0 Å². The van der Waals surface area contributed by atoms with Gasteiger partial charge in [0.2, 0.25) is 0 Å². The van der Waals surface area contributed by atoms with E-state index in [1.54, 1.807) is 24.3 Å². The lowest BCUT2D eigenvalue weighted by atomic mass is 10.1. The molecular formula is C20H24N2O6. The minimum atomic E-state index is -0.670. The Balaban J connectivity index is 1.96. The van der Waals surface area contributed by atoms with E-state index in [0.717, 1.165) is 32.4 Å². The van der Waals surface area contributed by atoms with Gasteiger partial charge in [-0.05, 0) is 37.5 Å². The minimum absolute atomic E-state index is 0.0451. The van der Waals surface area contributed by atoms with Crippen LogP contribution in [0.25, 0.3) is 0 Å². The summed E-state index contributed by atoms with van der Waals surface area (Å²) in [6.07, 6.45) is 3.14. The average Bonchev–Trinajstić information content (AvgIpc) is 2.77. The maximum Gasteiger partial charge on any atom is 0.355 e. The Morgan fingerprint density at radius 1 is 1.00 bits per heavy atom. The van der Waals surface area contributed by atoms with E-state index in [1.165, 1.54) is 19.1 Å². The van der Waals surface area contributed by atoms with Crippen LogP contribution in [0.2, 0.25) is 0 Å². The van der Waals surface area contributed by atoms with Gasteiger partial charge in [0.05, 0.1) is 26.4 Å². The molecule has 150 valence electrons. The Bertz CT molecular complexity index is 798. The number of likely N-dealkylation sites (tertiary alicyclic amines) is 1. The van der Waals surface area contributed by atoms with Crippen LogP contribution in [0, 0.1) is 0 Å². The van der Waals surface area contributed by atoms with E-state index in [0.29, 0.717) is 11.3 Å². The summed E-state index contributed by atoms with van der Waals surface area (Å²) in [6, 6.07) is 6.94. The number of methoxy groups -OCH3 is 2. The maximum absolute atomic E-state index is 12.8. The molecule has 0 aliphatic carbocycles. The first-order valence-corrected chi connectivity index (χ1v) is 9.21. The molecule has 0 bridgehead atoms. The molecule has 2 heterocycles.